The first-order valence-electron chi connectivity index (χ1n) is 6.97. The molecule has 0 amide bonds. The van der Waals surface area contributed by atoms with Gasteiger partial charge in [-0.1, -0.05) is 18.2 Å². The summed E-state index contributed by atoms with van der Waals surface area (Å²) in [6.45, 7) is -0.111. The molecule has 0 saturated carbocycles. The first-order valence-corrected chi connectivity index (χ1v) is 8.86. The van der Waals surface area contributed by atoms with Crippen LogP contribution in [0.2, 0.25) is 0 Å². The molecule has 0 fully saturated rings. The van der Waals surface area contributed by atoms with Crippen LogP contribution in [0.25, 0.3) is 10.9 Å². The summed E-state index contributed by atoms with van der Waals surface area (Å²) in [6, 6.07) is 13.5. The summed E-state index contributed by atoms with van der Waals surface area (Å²) < 4.78 is 28.2. The molecule has 0 atom stereocenters. The summed E-state index contributed by atoms with van der Waals surface area (Å²) in [4.78, 5) is 15.5. The van der Waals surface area contributed by atoms with Gasteiger partial charge >= 0.3 is 0 Å². The van der Waals surface area contributed by atoms with Crippen LogP contribution in [0.1, 0.15) is 10.4 Å². The summed E-state index contributed by atoms with van der Waals surface area (Å²) >= 11 is 0. The number of benzene rings is 2. The predicted molar refractivity (Wildman–Crippen MR) is 87.7 cm³/mol. The lowest BCUT2D eigenvalue weighted by molar-refractivity contribution is 0.0923. The van der Waals surface area contributed by atoms with E-state index < -0.39 is 9.84 Å². The summed E-state index contributed by atoms with van der Waals surface area (Å²) in [7, 11) is -3.24. The van der Waals surface area contributed by atoms with Crippen LogP contribution in [0.15, 0.2) is 59.6 Å². The number of ketones is 1. The van der Waals surface area contributed by atoms with Gasteiger partial charge in [-0.15, -0.1) is 0 Å². The van der Waals surface area contributed by atoms with Crippen molar-refractivity contribution in [1.29, 1.82) is 0 Å². The lowest BCUT2D eigenvalue weighted by Crippen LogP contribution is -2.11. The Balaban J connectivity index is 1.72. The third kappa shape index (κ3) is 3.27. The van der Waals surface area contributed by atoms with Gasteiger partial charge in [0.15, 0.2) is 16.4 Å². The minimum atomic E-state index is -3.24. The summed E-state index contributed by atoms with van der Waals surface area (Å²) in [5, 5.41) is 0.855. The Morgan fingerprint density at radius 2 is 1.78 bits per heavy atom. The number of ether oxygens (including phenoxy) is 1. The number of H-pyrrole nitrogens is 1. The van der Waals surface area contributed by atoms with Crippen molar-refractivity contribution >= 4 is 26.5 Å². The number of carbonyl (C=O) groups excluding carboxylic acids is 1. The van der Waals surface area contributed by atoms with E-state index >= 15 is 0 Å². The molecule has 0 unspecified atom stereocenters. The normalized spacial score (nSPS) is 11.5. The summed E-state index contributed by atoms with van der Waals surface area (Å²) in [6.07, 6.45) is 2.81. The lowest BCUT2D eigenvalue weighted by atomic mass is 10.1. The number of hydrogen-bond acceptors (Lipinski definition) is 4. The average Bonchev–Trinajstić information content (AvgIpc) is 2.96. The molecule has 3 rings (SSSR count). The molecule has 118 valence electrons. The molecule has 5 nitrogen and oxygen atoms in total. The van der Waals surface area contributed by atoms with E-state index in [1.165, 1.54) is 12.1 Å². The molecule has 2 aromatic carbocycles. The number of para-hydroxylation sites is 1. The second-order valence-corrected chi connectivity index (χ2v) is 7.22. The van der Waals surface area contributed by atoms with Gasteiger partial charge in [0.05, 0.1) is 4.90 Å². The SMILES string of the molecule is CS(=O)(=O)c1ccc(OCC(=O)c2c[nH]c3ccccc23)cc1. The first kappa shape index (κ1) is 15.3. The van der Waals surface area contributed by atoms with Crippen molar-refractivity contribution in [3.63, 3.8) is 0 Å². The summed E-state index contributed by atoms with van der Waals surface area (Å²) in [5.41, 5.74) is 1.47. The van der Waals surface area contributed by atoms with Gasteiger partial charge < -0.3 is 9.72 Å². The number of nitrogens with one attached hydrogen (secondary N) is 1. The van der Waals surface area contributed by atoms with E-state index in [0.29, 0.717) is 11.3 Å². The van der Waals surface area contributed by atoms with Gasteiger partial charge in [-0.25, -0.2) is 8.42 Å². The van der Waals surface area contributed by atoms with Crippen LogP contribution in [-0.4, -0.2) is 32.0 Å². The topological polar surface area (TPSA) is 76.2 Å². The van der Waals surface area contributed by atoms with E-state index in [9.17, 15) is 13.2 Å². The Bertz CT molecular complexity index is 956. The van der Waals surface area contributed by atoms with Crippen molar-refractivity contribution in [3.8, 4) is 5.75 Å². The fourth-order valence-electron chi connectivity index (χ4n) is 2.31. The molecule has 0 aliphatic rings. The highest BCUT2D eigenvalue weighted by molar-refractivity contribution is 7.90. The van der Waals surface area contributed by atoms with Crippen LogP contribution in [0, 0.1) is 0 Å². The molecule has 1 aromatic heterocycles. The monoisotopic (exact) mass is 329 g/mol. The third-order valence-electron chi connectivity index (χ3n) is 3.51. The number of sulfone groups is 1. The molecule has 1 N–H and O–H groups in total. The van der Waals surface area contributed by atoms with E-state index in [1.807, 2.05) is 24.3 Å². The number of rotatable bonds is 5. The number of aromatic amines is 1. The van der Waals surface area contributed by atoms with Crippen molar-refractivity contribution < 1.29 is 17.9 Å². The maximum absolute atomic E-state index is 12.3. The molecule has 1 heterocycles. The Hall–Kier alpha value is -2.60. The molecular weight excluding hydrogens is 314 g/mol. The number of fused-ring (bicyclic) bond motifs is 1. The molecule has 3 aromatic rings. The minimum Gasteiger partial charge on any atom is -0.485 e. The van der Waals surface area contributed by atoms with E-state index in [-0.39, 0.29) is 17.3 Å². The third-order valence-corrected chi connectivity index (χ3v) is 4.64. The zero-order valence-electron chi connectivity index (χ0n) is 12.4. The van der Waals surface area contributed by atoms with E-state index in [4.69, 9.17) is 4.74 Å². The molecule has 0 bridgehead atoms. The van der Waals surface area contributed by atoms with Crippen LogP contribution in [-0.2, 0) is 9.84 Å². The largest absolute Gasteiger partial charge is 0.485 e. The van der Waals surface area contributed by atoms with Gasteiger partial charge in [0.1, 0.15) is 5.75 Å². The standard InChI is InChI=1S/C17H15NO4S/c1-23(20,21)13-8-6-12(7-9-13)22-11-17(19)15-10-18-16-5-3-2-4-14(15)16/h2-10,18H,11H2,1H3. The quantitative estimate of drug-likeness (QED) is 0.730. The zero-order chi connectivity index (χ0) is 16.4. The average molecular weight is 329 g/mol. The first-order chi connectivity index (χ1) is 10.9. The van der Waals surface area contributed by atoms with Gasteiger partial charge in [-0.2, -0.15) is 0 Å². The highest BCUT2D eigenvalue weighted by Gasteiger charge is 2.13. The number of Topliss-reactive ketones (excluding diaryl/α,β-unsaturated/α-hetero) is 1. The van der Waals surface area contributed by atoms with Gasteiger partial charge in [0.25, 0.3) is 0 Å². The molecule has 0 spiro atoms. The Labute approximate surface area is 133 Å². The fourth-order valence-corrected chi connectivity index (χ4v) is 2.94. The van der Waals surface area contributed by atoms with Crippen LogP contribution in [0.5, 0.6) is 5.75 Å². The molecule has 0 saturated heterocycles. The van der Waals surface area contributed by atoms with Crippen molar-refractivity contribution in [3.05, 3.63) is 60.3 Å². The maximum atomic E-state index is 12.3. The number of aromatic nitrogens is 1. The molecule has 0 aliphatic carbocycles. The van der Waals surface area contributed by atoms with Crippen molar-refractivity contribution in [2.45, 2.75) is 4.90 Å². The number of carbonyl (C=O) groups is 1. The van der Waals surface area contributed by atoms with E-state index in [0.717, 1.165) is 17.2 Å². The van der Waals surface area contributed by atoms with Gasteiger partial charge in [-0.05, 0) is 30.3 Å². The van der Waals surface area contributed by atoms with E-state index in [2.05, 4.69) is 4.98 Å². The second-order valence-electron chi connectivity index (χ2n) is 5.20. The molecule has 23 heavy (non-hydrogen) atoms. The molecular formula is C17H15NO4S. The van der Waals surface area contributed by atoms with Crippen LogP contribution in [0.4, 0.5) is 0 Å². The Morgan fingerprint density at radius 3 is 2.48 bits per heavy atom. The highest BCUT2D eigenvalue weighted by atomic mass is 32.2. The highest BCUT2D eigenvalue weighted by Crippen LogP contribution is 2.19. The molecule has 0 radical (unpaired) electrons. The van der Waals surface area contributed by atoms with Crippen molar-refractivity contribution in [2.24, 2.45) is 0 Å². The Morgan fingerprint density at radius 1 is 1.09 bits per heavy atom. The summed E-state index contributed by atoms with van der Waals surface area (Å²) in [5.74, 6) is 0.306. The van der Waals surface area contributed by atoms with Crippen LogP contribution in [0.3, 0.4) is 0 Å². The molecule has 6 heteroatoms. The minimum absolute atomic E-state index is 0.111. The van der Waals surface area contributed by atoms with E-state index in [1.54, 1.807) is 18.3 Å². The van der Waals surface area contributed by atoms with Gasteiger partial charge in [-0.3, -0.25) is 4.79 Å². The number of hydrogen-bond donors (Lipinski definition) is 1. The Kier molecular flexibility index (Phi) is 3.92. The van der Waals surface area contributed by atoms with Crippen LogP contribution >= 0.6 is 0 Å². The van der Waals surface area contributed by atoms with Crippen LogP contribution < -0.4 is 4.74 Å². The second kappa shape index (κ2) is 5.89. The smallest absolute Gasteiger partial charge is 0.202 e. The van der Waals surface area contributed by atoms with Gasteiger partial charge in [0.2, 0.25) is 5.78 Å². The van der Waals surface area contributed by atoms with Crippen molar-refractivity contribution in [1.82, 2.24) is 4.98 Å². The zero-order valence-corrected chi connectivity index (χ0v) is 13.3. The van der Waals surface area contributed by atoms with Crippen molar-refractivity contribution in [2.75, 3.05) is 12.9 Å². The molecule has 0 aliphatic heterocycles. The van der Waals surface area contributed by atoms with Gasteiger partial charge in [0, 0.05) is 28.9 Å². The lowest BCUT2D eigenvalue weighted by Gasteiger charge is -2.06. The maximum Gasteiger partial charge on any atom is 0.202 e. The predicted octanol–water partition coefficient (Wildman–Crippen LogP) is 2.83. The fraction of sp³-hybridized carbons (Fsp3) is 0.118.